The first kappa shape index (κ1) is 18.1. The van der Waals surface area contributed by atoms with Gasteiger partial charge in [0.05, 0.1) is 12.6 Å². The maximum Gasteiger partial charge on any atom is 0.246 e. The van der Waals surface area contributed by atoms with E-state index < -0.39 is 12.1 Å². The predicted octanol–water partition coefficient (Wildman–Crippen LogP) is 1.81. The number of aliphatic hydroxyl groups is 1. The molecule has 136 valence electrons. The van der Waals surface area contributed by atoms with Crippen molar-refractivity contribution in [1.29, 1.82) is 0 Å². The van der Waals surface area contributed by atoms with Crippen LogP contribution >= 0.6 is 0 Å². The minimum Gasteiger partial charge on any atom is -0.386 e. The fourth-order valence-corrected chi connectivity index (χ4v) is 2.86. The van der Waals surface area contributed by atoms with Gasteiger partial charge in [-0.05, 0) is 29.7 Å². The molecular formula is C20H22N2O4. The first-order valence-corrected chi connectivity index (χ1v) is 8.61. The molecule has 2 amide bonds. The number of carbonyl (C=O) groups is 2. The lowest BCUT2D eigenvalue weighted by molar-refractivity contribution is -0.133. The van der Waals surface area contributed by atoms with Crippen molar-refractivity contribution < 1.29 is 19.4 Å². The van der Waals surface area contributed by atoms with Crippen molar-refractivity contribution in [1.82, 2.24) is 5.32 Å². The SMILES string of the molecule is O=C(CCc1ccccc1)Nc1ccc(C(O)C2COCC(=O)N2)cc1. The monoisotopic (exact) mass is 354 g/mol. The van der Waals surface area contributed by atoms with Crippen molar-refractivity contribution >= 4 is 17.5 Å². The molecule has 1 fully saturated rings. The highest BCUT2D eigenvalue weighted by atomic mass is 16.5. The molecule has 3 rings (SSSR count). The largest absolute Gasteiger partial charge is 0.386 e. The van der Waals surface area contributed by atoms with E-state index in [1.165, 1.54) is 0 Å². The Kier molecular flexibility index (Phi) is 5.99. The molecule has 0 radical (unpaired) electrons. The number of hydrogen-bond acceptors (Lipinski definition) is 4. The number of amides is 2. The van der Waals surface area contributed by atoms with Crippen molar-refractivity contribution in [2.45, 2.75) is 25.0 Å². The van der Waals surface area contributed by atoms with E-state index in [4.69, 9.17) is 4.74 Å². The first-order chi connectivity index (χ1) is 12.6. The molecule has 6 heteroatoms. The molecule has 1 heterocycles. The minimum atomic E-state index is -0.859. The van der Waals surface area contributed by atoms with Crippen molar-refractivity contribution in [3.8, 4) is 0 Å². The third-order valence-electron chi connectivity index (χ3n) is 4.28. The van der Waals surface area contributed by atoms with Gasteiger partial charge in [-0.1, -0.05) is 42.5 Å². The molecule has 26 heavy (non-hydrogen) atoms. The Morgan fingerprint density at radius 3 is 2.62 bits per heavy atom. The Hall–Kier alpha value is -2.70. The Balaban J connectivity index is 1.52. The third kappa shape index (κ3) is 4.91. The minimum absolute atomic E-state index is 0.0250. The summed E-state index contributed by atoms with van der Waals surface area (Å²) in [5.74, 6) is -0.294. The van der Waals surface area contributed by atoms with E-state index in [-0.39, 0.29) is 25.0 Å². The van der Waals surface area contributed by atoms with E-state index in [0.717, 1.165) is 5.56 Å². The van der Waals surface area contributed by atoms with Crippen LogP contribution in [0.3, 0.4) is 0 Å². The van der Waals surface area contributed by atoms with Crippen LogP contribution in [0, 0.1) is 0 Å². The summed E-state index contributed by atoms with van der Waals surface area (Å²) in [7, 11) is 0. The highest BCUT2D eigenvalue weighted by molar-refractivity contribution is 5.90. The lowest BCUT2D eigenvalue weighted by atomic mass is 10.0. The zero-order valence-electron chi connectivity index (χ0n) is 14.4. The highest BCUT2D eigenvalue weighted by Crippen LogP contribution is 2.21. The van der Waals surface area contributed by atoms with E-state index in [2.05, 4.69) is 10.6 Å². The molecule has 2 atom stereocenters. The number of hydrogen-bond donors (Lipinski definition) is 3. The smallest absolute Gasteiger partial charge is 0.246 e. The molecule has 3 N–H and O–H groups in total. The summed E-state index contributed by atoms with van der Waals surface area (Å²) in [5, 5.41) is 15.9. The predicted molar refractivity (Wildman–Crippen MR) is 97.5 cm³/mol. The number of ether oxygens (including phenoxy) is 1. The quantitative estimate of drug-likeness (QED) is 0.738. The van der Waals surface area contributed by atoms with Crippen molar-refractivity contribution in [2.24, 2.45) is 0 Å². The van der Waals surface area contributed by atoms with Gasteiger partial charge in [0.25, 0.3) is 0 Å². The van der Waals surface area contributed by atoms with Gasteiger partial charge in [0.2, 0.25) is 11.8 Å². The number of carbonyl (C=O) groups excluding carboxylic acids is 2. The first-order valence-electron chi connectivity index (χ1n) is 8.61. The molecule has 2 unspecified atom stereocenters. The second kappa shape index (κ2) is 8.60. The lowest BCUT2D eigenvalue weighted by Gasteiger charge is -2.28. The van der Waals surface area contributed by atoms with Gasteiger partial charge in [0.1, 0.15) is 12.7 Å². The molecular weight excluding hydrogens is 332 g/mol. The summed E-state index contributed by atoms with van der Waals surface area (Å²) in [4.78, 5) is 23.4. The van der Waals surface area contributed by atoms with E-state index >= 15 is 0 Å². The van der Waals surface area contributed by atoms with Gasteiger partial charge >= 0.3 is 0 Å². The molecule has 1 saturated heterocycles. The summed E-state index contributed by atoms with van der Waals surface area (Å²) >= 11 is 0. The van der Waals surface area contributed by atoms with Crippen LogP contribution in [-0.4, -0.2) is 36.2 Å². The summed E-state index contributed by atoms with van der Waals surface area (Å²) in [6, 6.07) is 16.3. The van der Waals surface area contributed by atoms with E-state index in [0.29, 0.717) is 24.1 Å². The van der Waals surface area contributed by atoms with Crippen LogP contribution in [0.4, 0.5) is 5.69 Å². The third-order valence-corrected chi connectivity index (χ3v) is 4.28. The molecule has 1 aliphatic heterocycles. The second-order valence-electron chi connectivity index (χ2n) is 6.29. The number of benzene rings is 2. The number of aliphatic hydroxyl groups excluding tert-OH is 1. The van der Waals surface area contributed by atoms with E-state index in [1.807, 2.05) is 30.3 Å². The molecule has 0 spiro atoms. The van der Waals surface area contributed by atoms with Gasteiger partial charge in [-0.2, -0.15) is 0 Å². The average Bonchev–Trinajstić information content (AvgIpc) is 2.67. The van der Waals surface area contributed by atoms with Crippen molar-refractivity contribution in [3.05, 3.63) is 65.7 Å². The summed E-state index contributed by atoms with van der Waals surface area (Å²) < 4.78 is 5.15. The lowest BCUT2D eigenvalue weighted by Crippen LogP contribution is -2.48. The van der Waals surface area contributed by atoms with Gasteiger partial charge < -0.3 is 20.5 Å². The van der Waals surface area contributed by atoms with Gasteiger partial charge in [-0.3, -0.25) is 9.59 Å². The molecule has 0 aliphatic carbocycles. The van der Waals surface area contributed by atoms with Crippen LogP contribution in [0.25, 0.3) is 0 Å². The molecule has 0 aromatic heterocycles. The fourth-order valence-electron chi connectivity index (χ4n) is 2.86. The molecule has 6 nitrogen and oxygen atoms in total. The number of nitrogens with one attached hydrogen (secondary N) is 2. The number of rotatable bonds is 6. The van der Waals surface area contributed by atoms with Crippen LogP contribution in [0.1, 0.15) is 23.7 Å². The summed E-state index contributed by atoms with van der Waals surface area (Å²) in [5.41, 5.74) is 2.45. The molecule has 0 bridgehead atoms. The number of aryl methyl sites for hydroxylation is 1. The standard InChI is InChI=1S/C20H22N2O4/c23-18(11-6-14-4-2-1-3-5-14)21-16-9-7-15(8-10-16)20(25)17-12-26-13-19(24)22-17/h1-5,7-10,17,20,25H,6,11-13H2,(H,21,23)(H,22,24). The Labute approximate surface area is 152 Å². The van der Waals surface area contributed by atoms with Crippen LogP contribution in [-0.2, 0) is 20.7 Å². The fraction of sp³-hybridized carbons (Fsp3) is 0.300. The zero-order valence-corrected chi connectivity index (χ0v) is 14.4. The second-order valence-corrected chi connectivity index (χ2v) is 6.29. The zero-order chi connectivity index (χ0) is 18.4. The van der Waals surface area contributed by atoms with Gasteiger partial charge in [0.15, 0.2) is 0 Å². The Morgan fingerprint density at radius 1 is 1.19 bits per heavy atom. The van der Waals surface area contributed by atoms with Crippen LogP contribution < -0.4 is 10.6 Å². The van der Waals surface area contributed by atoms with Crippen LogP contribution in [0.2, 0.25) is 0 Å². The number of anilines is 1. The van der Waals surface area contributed by atoms with E-state index in [1.54, 1.807) is 24.3 Å². The average molecular weight is 354 g/mol. The molecule has 2 aromatic rings. The van der Waals surface area contributed by atoms with Crippen molar-refractivity contribution in [3.63, 3.8) is 0 Å². The highest BCUT2D eigenvalue weighted by Gasteiger charge is 2.26. The van der Waals surface area contributed by atoms with Gasteiger partial charge in [-0.15, -0.1) is 0 Å². The Bertz CT molecular complexity index is 746. The van der Waals surface area contributed by atoms with Crippen LogP contribution in [0.15, 0.2) is 54.6 Å². The summed E-state index contributed by atoms with van der Waals surface area (Å²) in [6.07, 6.45) is 0.229. The Morgan fingerprint density at radius 2 is 1.92 bits per heavy atom. The van der Waals surface area contributed by atoms with Crippen molar-refractivity contribution in [2.75, 3.05) is 18.5 Å². The summed E-state index contributed by atoms with van der Waals surface area (Å²) in [6.45, 7) is 0.294. The topological polar surface area (TPSA) is 87.7 Å². The van der Waals surface area contributed by atoms with Gasteiger partial charge in [0, 0.05) is 12.1 Å². The van der Waals surface area contributed by atoms with Crippen LogP contribution in [0.5, 0.6) is 0 Å². The molecule has 1 aliphatic rings. The maximum absolute atomic E-state index is 12.1. The molecule has 0 saturated carbocycles. The molecule has 2 aromatic carbocycles. The number of morpholine rings is 1. The normalized spacial score (nSPS) is 18.0. The maximum atomic E-state index is 12.1. The van der Waals surface area contributed by atoms with Gasteiger partial charge in [-0.25, -0.2) is 0 Å². The van der Waals surface area contributed by atoms with E-state index in [9.17, 15) is 14.7 Å².